The lowest BCUT2D eigenvalue weighted by molar-refractivity contribution is 0.0512. The molecule has 17 N–H and O–H groups in total. The Morgan fingerprint density at radius 2 is 0.796 bits per heavy atom. The van der Waals surface area contributed by atoms with Gasteiger partial charge >= 0.3 is 18.2 Å². The van der Waals surface area contributed by atoms with Crippen molar-refractivity contribution in [3.8, 4) is 17.6 Å². The Bertz CT molecular complexity index is 5320. The number of hydrogen-bond donors (Lipinski definition) is 15. The second kappa shape index (κ2) is 56.1. The molecule has 0 saturated carbocycles. The van der Waals surface area contributed by atoms with E-state index in [1.54, 1.807) is 217 Å². The number of ether oxygens (including phenoxy) is 5. The molecule has 766 valence electrons. The quantitative estimate of drug-likeness (QED) is 0.00771. The molecule has 0 unspecified atom stereocenters. The van der Waals surface area contributed by atoms with Gasteiger partial charge in [0.15, 0.2) is 28.5 Å². The molecule has 0 bridgehead atoms. The van der Waals surface area contributed by atoms with Gasteiger partial charge in [-0.25, -0.2) is 52.7 Å². The number of aliphatic hydroxyl groups excluding tert-OH is 1. The van der Waals surface area contributed by atoms with Gasteiger partial charge in [0.2, 0.25) is 17.6 Å². The number of carboxylic acids is 1. The molecule has 137 heavy (non-hydrogen) atoms. The molecule has 9 rings (SSSR count). The second-order valence-electron chi connectivity index (χ2n) is 38.0. The maximum absolute atomic E-state index is 13.0. The molecule has 45 heteroatoms. The number of azide groups is 1. The van der Waals surface area contributed by atoms with Crippen LogP contribution in [0.1, 0.15) is 254 Å². The molecule has 0 spiro atoms. The standard InChI is InChI=1S/C25H34N6O5.C20H26N6O3.C19H22N6O5.C6H14O.C5H11N3O.2C5H13NO.C5H12O2.C2H6O2S/c1-24(2,3)36-23(33)30(6)20-14-19(28-17-10-9-13-26-22(17)35-7)29-21-16(15-27-31(20)21)18(32)11-8-12-25(4,5)34;1-20(2,28)9-5-8-15(27)13-12-23-26-17(21-3)11-16(25-18(13)26)24-14-7-6-10-22-19(14)29-4;1-19(2,3)30-18(28)24(4)14-9-13(22-12-7-6-8-20-16(12)29-5)23-15-11(17(26)27)10-21-25(14)15;1-4-5-6(2,3)7;1-5(2,9)3-4-7-8-6;3*1-5(2,7)3-4-6;1-5(2,3)4/h9-10,13-15,34H,8,11-12H2,1-7H3,(H,28,29);6-7,10-12,21,28H,5,8-9H2,1-4H3,(H,24,25);6-10H,1-5H3,(H,22,23)(H,26,27);7H,4-5H2,1-3H3;9H,3-4H2,1-2H3;2*7H,3-4,6H2,1-2H3;6-7H,3-4H2,1-2H3;1-2H3. The molecule has 44 nitrogen and oxygen atoms in total. The van der Waals surface area contributed by atoms with Crippen LogP contribution in [0.2, 0.25) is 0 Å². The molecule has 0 atom stereocenters. The van der Waals surface area contributed by atoms with Crippen molar-refractivity contribution < 1.29 is 102 Å². The van der Waals surface area contributed by atoms with Crippen LogP contribution in [0, 0.1) is 0 Å². The van der Waals surface area contributed by atoms with Gasteiger partial charge in [-0.2, -0.15) is 28.8 Å². The van der Waals surface area contributed by atoms with E-state index in [0.717, 1.165) is 25.4 Å². The number of ketones is 2. The highest BCUT2D eigenvalue weighted by Crippen LogP contribution is 2.33. The van der Waals surface area contributed by atoms with Gasteiger partial charge in [0.05, 0.1) is 90.3 Å². The Balaban J connectivity index is 0.000000849. The Kier molecular flexibility index (Phi) is 50.4. The first-order valence-electron chi connectivity index (χ1n) is 44.1. The highest BCUT2D eigenvalue weighted by atomic mass is 32.2. The van der Waals surface area contributed by atoms with E-state index in [2.05, 4.69) is 83.4 Å². The van der Waals surface area contributed by atoms with Crippen molar-refractivity contribution in [1.29, 1.82) is 0 Å². The number of aromatic nitrogens is 12. The third-order valence-corrected chi connectivity index (χ3v) is 17.5. The Morgan fingerprint density at radius 3 is 1.05 bits per heavy atom. The fourth-order valence-electron chi connectivity index (χ4n) is 11.0. The number of anilines is 9. The fraction of sp³-hybridized carbons (Fsp3) is 0.587. The molecular formula is C92H151N23O21S. The van der Waals surface area contributed by atoms with Gasteiger partial charge in [-0.15, -0.1) is 0 Å². The van der Waals surface area contributed by atoms with Crippen LogP contribution in [0.25, 0.3) is 27.4 Å². The van der Waals surface area contributed by atoms with Crippen LogP contribution in [0.4, 0.5) is 61.6 Å². The monoisotopic (exact) mass is 1950 g/mol. The molecular weight excluding hydrogens is 1800 g/mol. The summed E-state index contributed by atoms with van der Waals surface area (Å²) in [4.78, 5) is 93.9. The van der Waals surface area contributed by atoms with E-state index < -0.39 is 78.4 Å². The van der Waals surface area contributed by atoms with Crippen molar-refractivity contribution in [3.63, 3.8) is 0 Å². The van der Waals surface area contributed by atoms with Gasteiger partial charge in [-0.1, -0.05) is 18.5 Å². The summed E-state index contributed by atoms with van der Waals surface area (Å²) >= 11 is 0. The van der Waals surface area contributed by atoms with Crippen LogP contribution >= 0.6 is 0 Å². The van der Waals surface area contributed by atoms with Crippen molar-refractivity contribution in [2.45, 2.75) is 273 Å². The average molecular weight is 1950 g/mol. The van der Waals surface area contributed by atoms with Crippen molar-refractivity contribution in [2.75, 3.05) is 112 Å². The average Bonchev–Trinajstić information content (AvgIpc) is 1.65. The van der Waals surface area contributed by atoms with Gasteiger partial charge in [-0.3, -0.25) is 19.4 Å². The third kappa shape index (κ3) is 51.2. The van der Waals surface area contributed by atoms with Crippen LogP contribution in [-0.4, -0.2) is 274 Å². The zero-order valence-corrected chi connectivity index (χ0v) is 85.9. The lowest BCUT2D eigenvalue weighted by Crippen LogP contribution is -2.35. The number of nitrogens with two attached hydrogens (primary N) is 2. The molecule has 0 aliphatic rings. The lowest BCUT2D eigenvalue weighted by atomic mass is 9.99. The molecule has 9 aromatic rings. The topological polar surface area (TPSA) is 632 Å². The fourth-order valence-corrected chi connectivity index (χ4v) is 11.0. The number of aromatic carboxylic acids is 1. The molecule has 0 aliphatic heterocycles. The number of nitrogens with one attached hydrogen (secondary N) is 4. The van der Waals surface area contributed by atoms with Crippen molar-refractivity contribution in [2.24, 2.45) is 16.6 Å². The van der Waals surface area contributed by atoms with Gasteiger partial charge < -0.3 is 102 Å². The van der Waals surface area contributed by atoms with Gasteiger partial charge in [0.25, 0.3) is 0 Å². The smallest absolute Gasteiger partial charge is 0.415 e. The number of aliphatic hydroxyl groups is 8. The number of pyridine rings is 3. The number of carbonyl (C=O) groups excluding carboxylic acids is 4. The van der Waals surface area contributed by atoms with Gasteiger partial charge in [0.1, 0.15) is 78.6 Å². The largest absolute Gasteiger partial charge is 0.480 e. The minimum absolute atomic E-state index is 0.0563. The number of amides is 2. The predicted molar refractivity (Wildman–Crippen MR) is 531 cm³/mol. The summed E-state index contributed by atoms with van der Waals surface area (Å²) in [5.41, 5.74) is 15.2. The highest BCUT2D eigenvalue weighted by molar-refractivity contribution is 7.89. The molecule has 2 amide bonds. The number of nitrogens with zero attached hydrogens (tertiary/aromatic N) is 17. The molecule has 9 heterocycles. The van der Waals surface area contributed by atoms with Crippen molar-refractivity contribution in [3.05, 3.63) is 119 Å². The molecule has 9 aromatic heterocycles. The molecule has 0 saturated heterocycles. The SMILES string of the molecule is CC(C)(O)CCN.CC(C)(O)CCN.CC(C)(O)CCN=[N+]=[N-].CC(C)(O)CCO.CCCC(C)(C)O.CNc1cc(Nc2cccnc2OC)nc2c(C(=O)CCCC(C)(C)O)cnn12.COc1ncccc1Nc1cc(N(C)C(=O)OC(C)(C)C)n2ncc(C(=O)CCCC(C)(C)O)c2n1.COc1ncccc1Nc1cc(N(C)C(=O)OC(C)(C)C)n2ncc(C(=O)O)c2n1.CS(C)(=O)=O. The van der Waals surface area contributed by atoms with E-state index in [0.29, 0.717) is 152 Å². The number of hydrogen-bond acceptors (Lipinski definition) is 36. The number of carbonyl (C=O) groups is 5. The summed E-state index contributed by atoms with van der Waals surface area (Å²) in [6.07, 6.45) is 17.0. The number of rotatable bonds is 34. The van der Waals surface area contributed by atoms with Crippen LogP contribution in [0.5, 0.6) is 17.6 Å². The minimum atomic E-state index is -2.67. The summed E-state index contributed by atoms with van der Waals surface area (Å²) < 4.78 is 50.3. The van der Waals surface area contributed by atoms with Crippen LogP contribution in [-0.2, 0) is 19.3 Å². The first kappa shape index (κ1) is 123. The molecule has 0 aromatic carbocycles. The summed E-state index contributed by atoms with van der Waals surface area (Å²) in [6, 6.07) is 15.5. The van der Waals surface area contributed by atoms with E-state index in [9.17, 15) is 47.7 Å². The lowest BCUT2D eigenvalue weighted by Gasteiger charge is -2.25. The normalized spacial score (nSPS) is 11.6. The number of methoxy groups -OCH3 is 3. The van der Waals surface area contributed by atoms with Crippen LogP contribution in [0.3, 0.4) is 0 Å². The minimum Gasteiger partial charge on any atom is -0.480 e. The number of Topliss-reactive ketones (excluding diaryl/α,β-unsaturated/α-hetero) is 2. The van der Waals surface area contributed by atoms with Gasteiger partial charge in [0, 0.05) is 101 Å². The predicted octanol–water partition coefficient (Wildman–Crippen LogP) is 13.4. The van der Waals surface area contributed by atoms with E-state index in [-0.39, 0.29) is 53.1 Å². The summed E-state index contributed by atoms with van der Waals surface area (Å²) in [5.74, 6) is 2.13. The summed E-state index contributed by atoms with van der Waals surface area (Å²) in [6.45, 7) is 38.4. The van der Waals surface area contributed by atoms with Crippen LogP contribution in [0.15, 0.2) is 96.9 Å². The van der Waals surface area contributed by atoms with Crippen molar-refractivity contribution in [1.82, 2.24) is 58.7 Å². The van der Waals surface area contributed by atoms with E-state index in [4.69, 9.17) is 71.3 Å². The zero-order chi connectivity index (χ0) is 105. The zero-order valence-electron chi connectivity index (χ0n) is 85.1. The molecule has 0 fully saturated rings. The first-order valence-corrected chi connectivity index (χ1v) is 46.4. The van der Waals surface area contributed by atoms with Crippen LogP contribution < -0.4 is 56.7 Å². The maximum Gasteiger partial charge on any atom is 0.415 e. The summed E-state index contributed by atoms with van der Waals surface area (Å²) in [5, 5.41) is 111. The van der Waals surface area contributed by atoms with E-state index in [1.165, 1.54) is 58.7 Å². The number of fused-ring (bicyclic) bond motifs is 3. The Morgan fingerprint density at radius 1 is 0.489 bits per heavy atom. The highest BCUT2D eigenvalue weighted by Gasteiger charge is 2.30. The second-order valence-corrected chi connectivity index (χ2v) is 40.3. The number of carboxylic acid groups (broad SMARTS) is 1. The number of sulfone groups is 1. The van der Waals surface area contributed by atoms with E-state index in [1.807, 2.05) is 19.9 Å². The third-order valence-electron chi connectivity index (χ3n) is 17.5. The maximum atomic E-state index is 13.0. The Labute approximate surface area is 803 Å². The van der Waals surface area contributed by atoms with E-state index >= 15 is 0 Å². The van der Waals surface area contributed by atoms with Crippen molar-refractivity contribution >= 4 is 108 Å². The molecule has 0 aliphatic carbocycles. The van der Waals surface area contributed by atoms with Gasteiger partial charge in [-0.05, 0) is 251 Å². The molecule has 0 radical (unpaired) electrons. The Hall–Kier alpha value is -11.9. The first-order chi connectivity index (χ1) is 63.0. The summed E-state index contributed by atoms with van der Waals surface area (Å²) in [7, 11) is 6.70.